The molecule has 0 saturated heterocycles. The van der Waals surface area contributed by atoms with Crippen LogP contribution in [0.2, 0.25) is 0 Å². The highest BCUT2D eigenvalue weighted by atomic mass is 32.2. The summed E-state index contributed by atoms with van der Waals surface area (Å²) in [5, 5.41) is 9.58. The summed E-state index contributed by atoms with van der Waals surface area (Å²) < 4.78 is 15.0. The second kappa shape index (κ2) is 10.9. The van der Waals surface area contributed by atoms with E-state index in [0.29, 0.717) is 23.3 Å². The number of aryl methyl sites for hydroxylation is 1. The van der Waals surface area contributed by atoms with Gasteiger partial charge in [0.2, 0.25) is 0 Å². The van der Waals surface area contributed by atoms with Crippen molar-refractivity contribution in [2.75, 3.05) is 26.6 Å². The first-order chi connectivity index (χ1) is 17.0. The van der Waals surface area contributed by atoms with Crippen molar-refractivity contribution >= 4 is 17.5 Å². The Morgan fingerprint density at radius 2 is 1.74 bits per heavy atom. The molecule has 0 aliphatic carbocycles. The molecule has 35 heavy (non-hydrogen) atoms. The van der Waals surface area contributed by atoms with Gasteiger partial charge in [-0.25, -0.2) is 0 Å². The van der Waals surface area contributed by atoms with E-state index in [2.05, 4.69) is 21.7 Å². The smallest absolute Gasteiger partial charge is 0.196 e. The first-order valence-electron chi connectivity index (χ1n) is 11.4. The number of para-hydroxylation sites is 2. The minimum absolute atomic E-state index is 0.0559. The number of Topliss-reactive ketones (excluding diaryl/α,β-unsaturated/α-hetero) is 1. The molecule has 0 spiro atoms. The lowest BCUT2D eigenvalue weighted by molar-refractivity contribution is 0.102. The quantitative estimate of drug-likeness (QED) is 0.215. The number of aromatic nitrogens is 4. The molecule has 0 amide bonds. The first kappa shape index (κ1) is 24.8. The van der Waals surface area contributed by atoms with Crippen LogP contribution < -0.4 is 4.74 Å². The average Bonchev–Trinajstić information content (AvgIpc) is 3.43. The molecule has 0 N–H and O–H groups in total. The zero-order chi connectivity index (χ0) is 24.9. The number of ketones is 1. The molecular formula is C27H30N4O3S. The van der Waals surface area contributed by atoms with Gasteiger partial charge in [-0.15, -0.1) is 10.2 Å². The number of nitrogens with zero attached hydrogens (tertiary/aromatic N) is 4. The Bertz CT molecular complexity index is 1310. The molecule has 0 aliphatic rings. The highest BCUT2D eigenvalue weighted by Crippen LogP contribution is 2.33. The fourth-order valence-electron chi connectivity index (χ4n) is 4.44. The summed E-state index contributed by atoms with van der Waals surface area (Å²) in [5.41, 5.74) is 4.48. The Morgan fingerprint density at radius 1 is 1.03 bits per heavy atom. The van der Waals surface area contributed by atoms with Crippen molar-refractivity contribution in [2.24, 2.45) is 0 Å². The van der Waals surface area contributed by atoms with Crippen LogP contribution >= 0.6 is 11.8 Å². The predicted molar refractivity (Wildman–Crippen MR) is 139 cm³/mol. The summed E-state index contributed by atoms with van der Waals surface area (Å²) in [6.45, 7) is 6.69. The van der Waals surface area contributed by atoms with E-state index >= 15 is 0 Å². The third kappa shape index (κ3) is 5.04. The SMILES string of the molecule is COC[C@H](C)n1c(C)cc(C(=O)CSc2nnc(-c3ccccc3OC)n2-c2ccccc2)c1C. The van der Waals surface area contributed by atoms with Crippen LogP contribution in [0.3, 0.4) is 0 Å². The maximum absolute atomic E-state index is 13.3. The largest absolute Gasteiger partial charge is 0.496 e. The maximum Gasteiger partial charge on any atom is 0.196 e. The monoisotopic (exact) mass is 490 g/mol. The van der Waals surface area contributed by atoms with Gasteiger partial charge >= 0.3 is 0 Å². The van der Waals surface area contributed by atoms with Crippen molar-refractivity contribution < 1.29 is 14.3 Å². The molecule has 182 valence electrons. The van der Waals surface area contributed by atoms with Crippen LogP contribution in [0.25, 0.3) is 17.1 Å². The number of thioether (sulfide) groups is 1. The fourth-order valence-corrected chi connectivity index (χ4v) is 5.27. The molecule has 0 unspecified atom stereocenters. The van der Waals surface area contributed by atoms with E-state index in [0.717, 1.165) is 28.2 Å². The van der Waals surface area contributed by atoms with E-state index in [1.165, 1.54) is 11.8 Å². The van der Waals surface area contributed by atoms with E-state index in [9.17, 15) is 4.79 Å². The average molecular weight is 491 g/mol. The Labute approximate surface area is 210 Å². The van der Waals surface area contributed by atoms with Crippen molar-refractivity contribution in [3.8, 4) is 22.8 Å². The van der Waals surface area contributed by atoms with Gasteiger partial charge in [-0.1, -0.05) is 42.1 Å². The molecule has 4 rings (SSSR count). The lowest BCUT2D eigenvalue weighted by Crippen LogP contribution is -2.14. The fraction of sp³-hybridized carbons (Fsp3) is 0.296. The number of carbonyl (C=O) groups is 1. The molecule has 2 heterocycles. The van der Waals surface area contributed by atoms with Crippen molar-refractivity contribution in [3.05, 3.63) is 77.6 Å². The van der Waals surface area contributed by atoms with Gasteiger partial charge < -0.3 is 14.0 Å². The zero-order valence-corrected chi connectivity index (χ0v) is 21.5. The van der Waals surface area contributed by atoms with Crippen LogP contribution in [0.1, 0.15) is 34.7 Å². The summed E-state index contributed by atoms with van der Waals surface area (Å²) in [6.07, 6.45) is 0. The summed E-state index contributed by atoms with van der Waals surface area (Å²) >= 11 is 1.38. The van der Waals surface area contributed by atoms with Gasteiger partial charge in [0.15, 0.2) is 16.8 Å². The van der Waals surface area contributed by atoms with Crippen molar-refractivity contribution in [2.45, 2.75) is 32.0 Å². The number of hydrogen-bond donors (Lipinski definition) is 0. The highest BCUT2D eigenvalue weighted by molar-refractivity contribution is 7.99. The van der Waals surface area contributed by atoms with E-state index in [1.54, 1.807) is 14.2 Å². The van der Waals surface area contributed by atoms with Gasteiger partial charge in [0.25, 0.3) is 0 Å². The second-order valence-electron chi connectivity index (χ2n) is 8.35. The van der Waals surface area contributed by atoms with Crippen LogP contribution in [0.15, 0.2) is 65.8 Å². The molecular weight excluding hydrogens is 460 g/mol. The number of carbonyl (C=O) groups excluding carboxylic acids is 1. The van der Waals surface area contributed by atoms with Crippen LogP contribution in [-0.2, 0) is 4.74 Å². The van der Waals surface area contributed by atoms with Gasteiger partial charge in [-0.3, -0.25) is 9.36 Å². The van der Waals surface area contributed by atoms with Gasteiger partial charge in [0.1, 0.15) is 5.75 Å². The van der Waals surface area contributed by atoms with Gasteiger partial charge in [0.05, 0.1) is 31.1 Å². The maximum atomic E-state index is 13.3. The molecule has 2 aromatic carbocycles. The Kier molecular flexibility index (Phi) is 7.73. The van der Waals surface area contributed by atoms with Crippen LogP contribution in [0.4, 0.5) is 0 Å². The summed E-state index contributed by atoms with van der Waals surface area (Å²) in [7, 11) is 3.33. The molecule has 0 fully saturated rings. The minimum atomic E-state index is 0.0559. The summed E-state index contributed by atoms with van der Waals surface area (Å²) in [5.74, 6) is 1.68. The van der Waals surface area contributed by atoms with Crippen LogP contribution in [0.5, 0.6) is 5.75 Å². The number of hydrogen-bond acceptors (Lipinski definition) is 6. The van der Waals surface area contributed by atoms with Crippen molar-refractivity contribution in [1.82, 2.24) is 19.3 Å². The third-order valence-corrected chi connectivity index (χ3v) is 6.89. The van der Waals surface area contributed by atoms with E-state index in [4.69, 9.17) is 9.47 Å². The molecule has 0 bridgehead atoms. The molecule has 0 saturated carbocycles. The highest BCUT2D eigenvalue weighted by Gasteiger charge is 2.22. The molecule has 0 radical (unpaired) electrons. The second-order valence-corrected chi connectivity index (χ2v) is 9.29. The number of methoxy groups -OCH3 is 2. The Hall–Kier alpha value is -3.36. The van der Waals surface area contributed by atoms with Crippen molar-refractivity contribution in [3.63, 3.8) is 0 Å². The minimum Gasteiger partial charge on any atom is -0.496 e. The third-order valence-electron chi connectivity index (χ3n) is 5.96. The van der Waals surface area contributed by atoms with E-state index in [1.807, 2.05) is 79.1 Å². The van der Waals surface area contributed by atoms with Gasteiger partial charge in [-0.05, 0) is 51.1 Å². The van der Waals surface area contributed by atoms with Crippen LogP contribution in [0, 0.1) is 13.8 Å². The molecule has 7 nitrogen and oxygen atoms in total. The molecule has 4 aromatic rings. The normalized spacial score (nSPS) is 12.0. The van der Waals surface area contributed by atoms with Crippen molar-refractivity contribution in [1.29, 1.82) is 0 Å². The standard InChI is InChI=1S/C27H30N4O3S/c1-18-15-23(20(3)30(18)19(2)16-33-4)24(32)17-35-27-29-28-26(22-13-9-10-14-25(22)34-5)31(27)21-11-7-6-8-12-21/h6-15,19H,16-17H2,1-5H3/t19-/m0/s1. The molecule has 1 atom stereocenters. The summed E-state index contributed by atoms with van der Waals surface area (Å²) in [4.78, 5) is 13.3. The van der Waals surface area contributed by atoms with Gasteiger partial charge in [0, 0.05) is 29.7 Å². The zero-order valence-electron chi connectivity index (χ0n) is 20.7. The molecule has 2 aromatic heterocycles. The Balaban J connectivity index is 1.65. The number of ether oxygens (including phenoxy) is 2. The topological polar surface area (TPSA) is 71.2 Å². The lowest BCUT2D eigenvalue weighted by atomic mass is 10.2. The van der Waals surface area contributed by atoms with Crippen LogP contribution in [-0.4, -0.2) is 51.7 Å². The van der Waals surface area contributed by atoms with Gasteiger partial charge in [-0.2, -0.15) is 0 Å². The summed E-state index contributed by atoms with van der Waals surface area (Å²) in [6, 6.07) is 19.7. The lowest BCUT2D eigenvalue weighted by Gasteiger charge is -2.17. The molecule has 8 heteroatoms. The number of rotatable bonds is 10. The Morgan fingerprint density at radius 3 is 2.46 bits per heavy atom. The number of benzene rings is 2. The molecule has 0 aliphatic heterocycles. The first-order valence-corrected chi connectivity index (χ1v) is 12.4. The van der Waals surface area contributed by atoms with E-state index in [-0.39, 0.29) is 17.6 Å². The predicted octanol–water partition coefficient (Wildman–Crippen LogP) is 5.54. The van der Waals surface area contributed by atoms with E-state index < -0.39 is 0 Å².